The minimum Gasteiger partial charge on any atom is -0.452 e. The van der Waals surface area contributed by atoms with E-state index in [1.54, 1.807) is 0 Å². The van der Waals surface area contributed by atoms with Crippen molar-refractivity contribution in [2.24, 2.45) is 0 Å². The molecule has 0 aliphatic heterocycles. The highest BCUT2D eigenvalue weighted by atomic mass is 35.5. The Bertz CT molecular complexity index is 805. The zero-order valence-corrected chi connectivity index (χ0v) is 15.4. The average molecular weight is 373 g/mol. The fraction of sp³-hybridized carbons (Fsp3) is 0.350. The summed E-state index contributed by atoms with van der Waals surface area (Å²) in [5.74, 6) is -0.948. The molecule has 2 aromatic rings. The Morgan fingerprint density at radius 2 is 1.96 bits per heavy atom. The van der Waals surface area contributed by atoms with E-state index in [1.807, 2.05) is 6.92 Å². The molecule has 0 fully saturated rings. The summed E-state index contributed by atoms with van der Waals surface area (Å²) in [5, 5.41) is 3.16. The van der Waals surface area contributed by atoms with Gasteiger partial charge in [0.1, 0.15) is 5.15 Å². The van der Waals surface area contributed by atoms with Gasteiger partial charge in [0.05, 0.1) is 11.6 Å². The molecule has 0 bridgehead atoms. The highest BCUT2D eigenvalue weighted by Crippen LogP contribution is 2.24. The second-order valence-electron chi connectivity index (χ2n) is 6.47. The smallest absolute Gasteiger partial charge is 0.340 e. The van der Waals surface area contributed by atoms with E-state index in [0.29, 0.717) is 0 Å². The van der Waals surface area contributed by atoms with Crippen LogP contribution < -0.4 is 5.32 Å². The lowest BCUT2D eigenvalue weighted by atomic mass is 9.89. The highest BCUT2D eigenvalue weighted by molar-refractivity contribution is 6.29. The molecule has 0 radical (unpaired) electrons. The van der Waals surface area contributed by atoms with E-state index in [0.717, 1.165) is 18.4 Å². The van der Waals surface area contributed by atoms with Gasteiger partial charge in [-0.25, -0.2) is 9.78 Å². The van der Waals surface area contributed by atoms with Gasteiger partial charge in [-0.2, -0.15) is 0 Å². The second kappa shape index (κ2) is 8.32. The number of carbonyl (C=O) groups excluding carboxylic acids is 2. The number of amides is 1. The molecule has 0 unspecified atom stereocenters. The molecule has 1 aromatic carbocycles. The Morgan fingerprint density at radius 3 is 2.69 bits per heavy atom. The molecule has 1 heterocycles. The largest absolute Gasteiger partial charge is 0.452 e. The van der Waals surface area contributed by atoms with Gasteiger partial charge < -0.3 is 10.1 Å². The molecule has 3 rings (SSSR count). The van der Waals surface area contributed by atoms with Gasteiger partial charge >= 0.3 is 5.97 Å². The quantitative estimate of drug-likeness (QED) is 0.642. The van der Waals surface area contributed by atoms with Gasteiger partial charge in [0.2, 0.25) is 0 Å². The van der Waals surface area contributed by atoms with Gasteiger partial charge in [0.15, 0.2) is 6.61 Å². The SMILES string of the molecule is C[C@H](NC(=O)COC(=O)c1ccc(Cl)nc1)c1ccc2c(c1)CCCC2. The van der Waals surface area contributed by atoms with Gasteiger partial charge in [-0.1, -0.05) is 29.8 Å². The number of fused-ring (bicyclic) bond motifs is 1. The van der Waals surface area contributed by atoms with Crippen LogP contribution in [0.3, 0.4) is 0 Å². The standard InChI is InChI=1S/C20H21ClN2O3/c1-13(15-7-6-14-4-2-3-5-16(14)10-15)23-19(24)12-26-20(25)17-8-9-18(21)22-11-17/h6-11,13H,2-5,12H2,1H3,(H,23,24)/t13-/m0/s1. The van der Waals surface area contributed by atoms with Gasteiger partial charge in [-0.3, -0.25) is 4.79 Å². The fourth-order valence-electron chi connectivity index (χ4n) is 3.10. The molecule has 0 saturated heterocycles. The van der Waals surface area contributed by atoms with E-state index in [9.17, 15) is 9.59 Å². The first-order valence-corrected chi connectivity index (χ1v) is 9.10. The second-order valence-corrected chi connectivity index (χ2v) is 6.86. The van der Waals surface area contributed by atoms with Gasteiger partial charge in [-0.05, 0) is 61.4 Å². The predicted molar refractivity (Wildman–Crippen MR) is 99.2 cm³/mol. The number of ether oxygens (including phenoxy) is 1. The van der Waals surface area contributed by atoms with Crippen molar-refractivity contribution in [2.45, 2.75) is 38.6 Å². The molecule has 6 heteroatoms. The zero-order valence-electron chi connectivity index (χ0n) is 14.6. The number of pyridine rings is 1. The molecule has 1 aliphatic carbocycles. The first-order valence-electron chi connectivity index (χ1n) is 8.72. The van der Waals surface area contributed by atoms with Crippen LogP contribution in [0.15, 0.2) is 36.5 Å². The van der Waals surface area contributed by atoms with Crippen LogP contribution in [0.1, 0.15) is 52.9 Å². The number of esters is 1. The summed E-state index contributed by atoms with van der Waals surface area (Å²) in [6.07, 6.45) is 6.00. The number of aryl methyl sites for hydroxylation is 2. The minimum absolute atomic E-state index is 0.148. The van der Waals surface area contributed by atoms with Crippen molar-refractivity contribution in [1.82, 2.24) is 10.3 Å². The van der Waals surface area contributed by atoms with E-state index in [1.165, 1.54) is 42.3 Å². The van der Waals surface area contributed by atoms with Crippen LogP contribution in [-0.2, 0) is 22.4 Å². The molecule has 1 atom stereocenters. The van der Waals surface area contributed by atoms with Gasteiger partial charge in [-0.15, -0.1) is 0 Å². The summed E-state index contributed by atoms with van der Waals surface area (Å²) in [6.45, 7) is 1.59. The summed E-state index contributed by atoms with van der Waals surface area (Å²) in [5.41, 5.74) is 4.10. The molecule has 1 aliphatic rings. The van der Waals surface area contributed by atoms with Crippen LogP contribution >= 0.6 is 11.6 Å². The summed E-state index contributed by atoms with van der Waals surface area (Å²) in [6, 6.07) is 9.23. The van der Waals surface area contributed by atoms with Crippen molar-refractivity contribution < 1.29 is 14.3 Å². The van der Waals surface area contributed by atoms with E-state index in [4.69, 9.17) is 16.3 Å². The maximum Gasteiger partial charge on any atom is 0.340 e. The molecule has 136 valence electrons. The molecule has 0 spiro atoms. The predicted octanol–water partition coefficient (Wildman–Crippen LogP) is 3.65. The normalized spacial score (nSPS) is 14.2. The molecule has 5 nitrogen and oxygen atoms in total. The summed E-state index contributed by atoms with van der Waals surface area (Å²) < 4.78 is 5.02. The lowest BCUT2D eigenvalue weighted by molar-refractivity contribution is -0.124. The van der Waals surface area contributed by atoms with Gasteiger partial charge in [0, 0.05) is 6.20 Å². The molecule has 1 aromatic heterocycles. The van der Waals surface area contributed by atoms with Crippen molar-refractivity contribution >= 4 is 23.5 Å². The lowest BCUT2D eigenvalue weighted by Crippen LogP contribution is -2.31. The monoisotopic (exact) mass is 372 g/mol. The molecule has 1 N–H and O–H groups in total. The number of nitrogens with one attached hydrogen (secondary N) is 1. The van der Waals surface area contributed by atoms with Crippen LogP contribution in [0.25, 0.3) is 0 Å². The minimum atomic E-state index is -0.606. The number of rotatable bonds is 5. The van der Waals surface area contributed by atoms with E-state index < -0.39 is 5.97 Å². The van der Waals surface area contributed by atoms with Crippen LogP contribution in [0.4, 0.5) is 0 Å². The summed E-state index contributed by atoms with van der Waals surface area (Å²) in [4.78, 5) is 27.8. The Balaban J connectivity index is 1.52. The molecular formula is C20H21ClN2O3. The van der Waals surface area contributed by atoms with Crippen molar-refractivity contribution in [3.63, 3.8) is 0 Å². The third kappa shape index (κ3) is 4.61. The Hall–Kier alpha value is -2.40. The molecule has 26 heavy (non-hydrogen) atoms. The van der Waals surface area contributed by atoms with Crippen molar-refractivity contribution in [2.75, 3.05) is 6.61 Å². The number of hydrogen-bond donors (Lipinski definition) is 1. The summed E-state index contributed by atoms with van der Waals surface area (Å²) >= 11 is 5.68. The van der Waals surface area contributed by atoms with E-state index >= 15 is 0 Å². The summed E-state index contributed by atoms with van der Waals surface area (Å²) in [7, 11) is 0. The van der Waals surface area contributed by atoms with E-state index in [-0.39, 0.29) is 29.3 Å². The maximum absolute atomic E-state index is 12.1. The zero-order chi connectivity index (χ0) is 18.5. The topological polar surface area (TPSA) is 68.3 Å². The third-order valence-corrected chi connectivity index (χ3v) is 4.77. The number of carbonyl (C=O) groups is 2. The number of nitrogens with zero attached hydrogens (tertiary/aromatic N) is 1. The fourth-order valence-corrected chi connectivity index (χ4v) is 3.21. The lowest BCUT2D eigenvalue weighted by Gasteiger charge is -2.20. The van der Waals surface area contributed by atoms with Crippen molar-refractivity contribution in [1.29, 1.82) is 0 Å². The molecule has 1 amide bonds. The highest BCUT2D eigenvalue weighted by Gasteiger charge is 2.15. The molecular weight excluding hydrogens is 352 g/mol. The van der Waals surface area contributed by atoms with Crippen LogP contribution in [0, 0.1) is 0 Å². The number of hydrogen-bond acceptors (Lipinski definition) is 4. The van der Waals surface area contributed by atoms with Gasteiger partial charge in [0.25, 0.3) is 5.91 Å². The van der Waals surface area contributed by atoms with E-state index in [2.05, 4.69) is 28.5 Å². The van der Waals surface area contributed by atoms with Crippen LogP contribution in [0.2, 0.25) is 5.15 Å². The number of aromatic nitrogens is 1. The molecule has 0 saturated carbocycles. The Kier molecular flexibility index (Phi) is 5.89. The average Bonchev–Trinajstić information content (AvgIpc) is 2.66. The maximum atomic E-state index is 12.1. The van der Waals surface area contributed by atoms with Crippen LogP contribution in [-0.4, -0.2) is 23.5 Å². The van der Waals surface area contributed by atoms with Crippen LogP contribution in [0.5, 0.6) is 0 Å². The first kappa shape index (κ1) is 18.4. The third-order valence-electron chi connectivity index (χ3n) is 4.55. The Labute approximate surface area is 157 Å². The van der Waals surface area contributed by atoms with Crippen molar-refractivity contribution in [3.8, 4) is 0 Å². The Morgan fingerprint density at radius 1 is 1.19 bits per heavy atom. The number of benzene rings is 1. The van der Waals surface area contributed by atoms with Crippen molar-refractivity contribution in [3.05, 3.63) is 63.9 Å². The number of halogens is 1. The first-order chi connectivity index (χ1) is 12.5.